The zero-order valence-corrected chi connectivity index (χ0v) is 52.1. The molecule has 0 heterocycles. The summed E-state index contributed by atoms with van der Waals surface area (Å²) in [6.07, 6.45) is 89.9. The number of hydrogen-bond donors (Lipinski definition) is 0. The Morgan fingerprint density at radius 2 is 0.494 bits per heavy atom. The molecular formula is C73H126O6. The van der Waals surface area contributed by atoms with E-state index in [-0.39, 0.29) is 31.1 Å². The monoisotopic (exact) mass is 1100 g/mol. The summed E-state index contributed by atoms with van der Waals surface area (Å²) in [4.78, 5) is 38.4. The van der Waals surface area contributed by atoms with Gasteiger partial charge in [0, 0.05) is 19.3 Å². The second-order valence-electron chi connectivity index (χ2n) is 22.3. The molecule has 6 heteroatoms. The molecule has 0 amide bonds. The molecular weight excluding hydrogens is 973 g/mol. The van der Waals surface area contributed by atoms with Gasteiger partial charge in [-0.05, 0) is 116 Å². The third-order valence-electron chi connectivity index (χ3n) is 14.6. The van der Waals surface area contributed by atoms with Crippen LogP contribution in [-0.2, 0) is 28.6 Å². The molecule has 0 bridgehead atoms. The second kappa shape index (κ2) is 66.8. The second-order valence-corrected chi connectivity index (χ2v) is 22.3. The highest BCUT2D eigenvalue weighted by Crippen LogP contribution is 2.17. The van der Waals surface area contributed by atoms with E-state index in [4.69, 9.17) is 14.2 Å². The van der Waals surface area contributed by atoms with E-state index in [0.717, 1.165) is 122 Å². The number of carbonyl (C=O) groups excluding carboxylic acids is 3. The number of hydrogen-bond acceptors (Lipinski definition) is 6. The van der Waals surface area contributed by atoms with Gasteiger partial charge in [-0.25, -0.2) is 0 Å². The van der Waals surface area contributed by atoms with Gasteiger partial charge in [-0.2, -0.15) is 0 Å². The summed E-state index contributed by atoms with van der Waals surface area (Å²) in [5.41, 5.74) is 0. The first-order chi connectivity index (χ1) is 39.0. The van der Waals surface area contributed by atoms with Crippen molar-refractivity contribution in [3.8, 4) is 0 Å². The minimum atomic E-state index is -0.792. The van der Waals surface area contributed by atoms with Crippen molar-refractivity contribution in [2.45, 2.75) is 335 Å². The summed E-state index contributed by atoms with van der Waals surface area (Å²) in [5, 5.41) is 0. The molecule has 0 saturated carbocycles. The highest BCUT2D eigenvalue weighted by atomic mass is 16.6. The zero-order chi connectivity index (χ0) is 57.1. The first-order valence-corrected chi connectivity index (χ1v) is 33.7. The summed E-state index contributed by atoms with van der Waals surface area (Å²) in [6.45, 7) is 6.43. The SMILES string of the molecule is CC/C=C\C/C=C\C/C=C\C/C=C\CCCCCCCCC(=O)OC(COC(=O)CCCCCCCCC/C=C\C/C=C\C/C=C\CC)COC(=O)CCCCCCCCCCCCCCC/C=C\CCCCCCCCCC. The van der Waals surface area contributed by atoms with Crippen molar-refractivity contribution in [1.82, 2.24) is 0 Å². The maximum Gasteiger partial charge on any atom is 0.306 e. The minimum absolute atomic E-state index is 0.0856. The quantitative estimate of drug-likeness (QED) is 0.0261. The van der Waals surface area contributed by atoms with Gasteiger partial charge in [0.15, 0.2) is 6.10 Å². The molecule has 454 valence electrons. The van der Waals surface area contributed by atoms with Gasteiger partial charge < -0.3 is 14.2 Å². The fourth-order valence-corrected chi connectivity index (χ4v) is 9.56. The van der Waals surface area contributed by atoms with Gasteiger partial charge in [-0.3, -0.25) is 14.4 Å². The third-order valence-corrected chi connectivity index (χ3v) is 14.6. The summed E-state index contributed by atoms with van der Waals surface area (Å²) in [6, 6.07) is 0. The Labute approximate surface area is 489 Å². The number of allylic oxidation sites excluding steroid dienone is 16. The average Bonchev–Trinajstić information content (AvgIpc) is 3.45. The van der Waals surface area contributed by atoms with Crippen LogP contribution in [0.2, 0.25) is 0 Å². The third kappa shape index (κ3) is 65.0. The highest BCUT2D eigenvalue weighted by Gasteiger charge is 2.19. The molecule has 0 aliphatic rings. The van der Waals surface area contributed by atoms with Crippen LogP contribution in [0.3, 0.4) is 0 Å². The van der Waals surface area contributed by atoms with Gasteiger partial charge in [0.05, 0.1) is 0 Å². The van der Waals surface area contributed by atoms with Gasteiger partial charge in [-0.1, -0.05) is 291 Å². The number of ether oxygens (including phenoxy) is 3. The molecule has 0 rings (SSSR count). The van der Waals surface area contributed by atoms with Crippen LogP contribution in [0.5, 0.6) is 0 Å². The van der Waals surface area contributed by atoms with Crippen LogP contribution >= 0.6 is 0 Å². The van der Waals surface area contributed by atoms with Gasteiger partial charge in [0.25, 0.3) is 0 Å². The van der Waals surface area contributed by atoms with E-state index in [9.17, 15) is 14.4 Å². The van der Waals surface area contributed by atoms with Crippen LogP contribution in [0.25, 0.3) is 0 Å². The number of rotatable bonds is 61. The largest absolute Gasteiger partial charge is 0.462 e. The lowest BCUT2D eigenvalue weighted by molar-refractivity contribution is -0.167. The Balaban J connectivity index is 4.36. The van der Waals surface area contributed by atoms with Crippen molar-refractivity contribution in [3.63, 3.8) is 0 Å². The van der Waals surface area contributed by atoms with E-state index in [1.807, 2.05) is 0 Å². The molecule has 0 aliphatic carbocycles. The molecule has 0 aliphatic heterocycles. The molecule has 0 fully saturated rings. The molecule has 79 heavy (non-hydrogen) atoms. The maximum atomic E-state index is 12.9. The summed E-state index contributed by atoms with van der Waals surface area (Å²) in [5.74, 6) is -0.897. The Kier molecular flexibility index (Phi) is 63.7. The van der Waals surface area contributed by atoms with Gasteiger partial charge in [0.2, 0.25) is 0 Å². The van der Waals surface area contributed by atoms with Crippen LogP contribution in [0.15, 0.2) is 97.2 Å². The smallest absolute Gasteiger partial charge is 0.306 e. The topological polar surface area (TPSA) is 78.9 Å². The highest BCUT2D eigenvalue weighted by molar-refractivity contribution is 5.71. The number of unbranched alkanes of at least 4 members (excludes halogenated alkanes) is 34. The van der Waals surface area contributed by atoms with Crippen LogP contribution in [0, 0.1) is 0 Å². The van der Waals surface area contributed by atoms with E-state index in [0.29, 0.717) is 19.3 Å². The minimum Gasteiger partial charge on any atom is -0.462 e. The van der Waals surface area contributed by atoms with E-state index < -0.39 is 6.10 Å². The molecule has 0 spiro atoms. The van der Waals surface area contributed by atoms with E-state index in [1.165, 1.54) is 167 Å². The van der Waals surface area contributed by atoms with Gasteiger partial charge in [-0.15, -0.1) is 0 Å². The normalized spacial score (nSPS) is 12.7. The molecule has 0 saturated heterocycles. The van der Waals surface area contributed by atoms with Crippen LogP contribution in [-0.4, -0.2) is 37.2 Å². The molecule has 0 aromatic rings. The van der Waals surface area contributed by atoms with E-state index in [2.05, 4.69) is 118 Å². The first kappa shape index (κ1) is 75.3. The lowest BCUT2D eigenvalue weighted by Crippen LogP contribution is -2.30. The van der Waals surface area contributed by atoms with Crippen LogP contribution in [0.4, 0.5) is 0 Å². The van der Waals surface area contributed by atoms with E-state index in [1.54, 1.807) is 0 Å². The Morgan fingerprint density at radius 3 is 0.785 bits per heavy atom. The van der Waals surface area contributed by atoms with Crippen LogP contribution < -0.4 is 0 Å². The van der Waals surface area contributed by atoms with Gasteiger partial charge in [0.1, 0.15) is 13.2 Å². The lowest BCUT2D eigenvalue weighted by Gasteiger charge is -2.18. The molecule has 1 unspecified atom stereocenters. The van der Waals surface area contributed by atoms with E-state index >= 15 is 0 Å². The van der Waals surface area contributed by atoms with Crippen molar-refractivity contribution in [2.75, 3.05) is 13.2 Å². The Bertz CT molecular complexity index is 1540. The van der Waals surface area contributed by atoms with Crippen molar-refractivity contribution >= 4 is 17.9 Å². The number of esters is 3. The fraction of sp³-hybridized carbons (Fsp3) is 0.740. The predicted octanol–water partition coefficient (Wildman–Crippen LogP) is 23.2. The molecule has 1 atom stereocenters. The molecule has 0 radical (unpaired) electrons. The Hall–Kier alpha value is -3.67. The maximum absolute atomic E-state index is 12.9. The Morgan fingerprint density at radius 1 is 0.266 bits per heavy atom. The van der Waals surface area contributed by atoms with Crippen molar-refractivity contribution < 1.29 is 28.6 Å². The van der Waals surface area contributed by atoms with Crippen LogP contribution in [0.1, 0.15) is 329 Å². The first-order valence-electron chi connectivity index (χ1n) is 33.7. The van der Waals surface area contributed by atoms with Crippen molar-refractivity contribution in [1.29, 1.82) is 0 Å². The van der Waals surface area contributed by atoms with Crippen molar-refractivity contribution in [3.05, 3.63) is 97.2 Å². The molecule has 0 N–H and O–H groups in total. The van der Waals surface area contributed by atoms with Gasteiger partial charge >= 0.3 is 17.9 Å². The lowest BCUT2D eigenvalue weighted by atomic mass is 10.0. The zero-order valence-electron chi connectivity index (χ0n) is 52.1. The summed E-state index contributed by atoms with van der Waals surface area (Å²) >= 11 is 0. The summed E-state index contributed by atoms with van der Waals surface area (Å²) < 4.78 is 17.0. The van der Waals surface area contributed by atoms with Crippen molar-refractivity contribution in [2.24, 2.45) is 0 Å². The fourth-order valence-electron chi connectivity index (χ4n) is 9.56. The predicted molar refractivity (Wildman–Crippen MR) is 344 cm³/mol. The average molecular weight is 1100 g/mol. The molecule has 6 nitrogen and oxygen atoms in total. The standard InChI is InChI=1S/C73H126O6/c1-4-7-10-13-16-19-22-25-28-31-33-34-35-36-37-38-40-42-45-48-51-54-57-60-63-66-72(75)78-69-70(68-77-71(74)65-62-59-56-53-50-47-44-41-30-27-24-21-18-15-12-9-6-3)79-73(76)67-64-61-58-55-52-49-46-43-39-32-29-26-23-20-17-14-11-8-5-2/h8-9,11-12,17-18,20-21,26-27,29-31,33,39,43,70H,4-7,10,13-16,19,22-25,28,32,34-38,40-42,44-69H2,1-3H3/b11-8-,12-9-,20-17-,21-18-,29-26-,30-27-,33-31-,43-39-. The molecule has 0 aromatic heterocycles. The number of carbonyl (C=O) groups is 3. The summed E-state index contributed by atoms with van der Waals surface area (Å²) in [7, 11) is 0. The molecule has 0 aromatic carbocycles.